The molecule has 0 saturated carbocycles. The third kappa shape index (κ3) is 3.13. The van der Waals surface area contributed by atoms with E-state index in [1.54, 1.807) is 12.3 Å². The van der Waals surface area contributed by atoms with Crippen LogP contribution < -0.4 is 4.74 Å². The molecule has 0 aliphatic rings. The molecule has 0 bridgehead atoms. The highest BCUT2D eigenvalue weighted by molar-refractivity contribution is 7.80. The Morgan fingerprint density at radius 2 is 2.43 bits per heavy atom. The van der Waals surface area contributed by atoms with Gasteiger partial charge in [-0.25, -0.2) is 4.98 Å². The Morgan fingerprint density at radius 3 is 3.00 bits per heavy atom. The molecule has 1 aromatic heterocycles. The van der Waals surface area contributed by atoms with Gasteiger partial charge in [-0.3, -0.25) is 0 Å². The van der Waals surface area contributed by atoms with Crippen molar-refractivity contribution in [3.63, 3.8) is 0 Å². The molecule has 0 aromatic carbocycles. The van der Waals surface area contributed by atoms with Crippen molar-refractivity contribution in [3.05, 3.63) is 22.8 Å². The zero-order chi connectivity index (χ0) is 10.4. The fourth-order valence-electron chi connectivity index (χ4n) is 0.864. The molecule has 14 heavy (non-hydrogen) atoms. The number of hydrogen-bond acceptors (Lipinski definition) is 3. The lowest BCUT2D eigenvalue weighted by Gasteiger charge is -2.00. The molecule has 0 saturated heterocycles. The third-order valence-electron chi connectivity index (χ3n) is 1.47. The average Bonchev–Trinajstić information content (AvgIpc) is 2.18. The SMILES string of the molecule is COc1ncc(C#CCCS)cc1Cl. The van der Waals surface area contributed by atoms with Crippen LogP contribution in [0, 0.1) is 11.8 Å². The summed E-state index contributed by atoms with van der Waals surface area (Å²) in [4.78, 5) is 4.00. The molecule has 0 aliphatic heterocycles. The molecule has 0 aliphatic carbocycles. The summed E-state index contributed by atoms with van der Waals surface area (Å²) in [6.45, 7) is 0. The first-order chi connectivity index (χ1) is 6.77. The zero-order valence-corrected chi connectivity index (χ0v) is 9.40. The van der Waals surface area contributed by atoms with Crippen molar-refractivity contribution < 1.29 is 4.74 Å². The summed E-state index contributed by atoms with van der Waals surface area (Å²) in [5.74, 6) is 7.06. The van der Waals surface area contributed by atoms with E-state index in [0.29, 0.717) is 10.9 Å². The standard InChI is InChI=1S/C10H10ClNOS/c1-13-10-9(11)6-8(7-12-10)4-2-3-5-14/h6-7,14H,3,5H2,1H3. The Bertz CT molecular complexity index is 370. The van der Waals surface area contributed by atoms with E-state index in [4.69, 9.17) is 16.3 Å². The molecule has 1 heterocycles. The van der Waals surface area contributed by atoms with E-state index in [1.807, 2.05) is 0 Å². The van der Waals surface area contributed by atoms with Crippen molar-refractivity contribution in [2.45, 2.75) is 6.42 Å². The summed E-state index contributed by atoms with van der Waals surface area (Å²) in [7, 11) is 1.53. The highest BCUT2D eigenvalue weighted by atomic mass is 35.5. The fraction of sp³-hybridized carbons (Fsp3) is 0.300. The maximum Gasteiger partial charge on any atom is 0.232 e. The molecule has 0 atom stereocenters. The number of thiol groups is 1. The zero-order valence-electron chi connectivity index (χ0n) is 7.75. The highest BCUT2D eigenvalue weighted by Gasteiger charge is 2.00. The van der Waals surface area contributed by atoms with Gasteiger partial charge in [0.1, 0.15) is 5.02 Å². The van der Waals surface area contributed by atoms with Gasteiger partial charge in [-0.05, 0) is 6.07 Å². The van der Waals surface area contributed by atoms with Crippen LogP contribution in [-0.4, -0.2) is 17.8 Å². The molecule has 0 unspecified atom stereocenters. The lowest BCUT2D eigenvalue weighted by Crippen LogP contribution is -1.89. The van der Waals surface area contributed by atoms with Crippen molar-refractivity contribution in [1.82, 2.24) is 4.98 Å². The van der Waals surface area contributed by atoms with Crippen LogP contribution in [0.3, 0.4) is 0 Å². The maximum absolute atomic E-state index is 5.87. The van der Waals surface area contributed by atoms with Gasteiger partial charge in [-0.2, -0.15) is 12.6 Å². The van der Waals surface area contributed by atoms with E-state index in [9.17, 15) is 0 Å². The first kappa shape index (κ1) is 11.2. The number of ether oxygens (including phenoxy) is 1. The molecule has 74 valence electrons. The second-order valence-corrected chi connectivity index (χ2v) is 3.34. The molecule has 0 amide bonds. The van der Waals surface area contributed by atoms with Crippen molar-refractivity contribution in [2.24, 2.45) is 0 Å². The number of halogens is 1. The van der Waals surface area contributed by atoms with Crippen LogP contribution in [0.25, 0.3) is 0 Å². The van der Waals surface area contributed by atoms with E-state index in [1.165, 1.54) is 7.11 Å². The largest absolute Gasteiger partial charge is 0.480 e. The predicted molar refractivity (Wildman–Crippen MR) is 61.1 cm³/mol. The number of nitrogens with zero attached hydrogens (tertiary/aromatic N) is 1. The molecule has 1 rings (SSSR count). The second-order valence-electron chi connectivity index (χ2n) is 2.49. The lowest BCUT2D eigenvalue weighted by atomic mass is 10.3. The van der Waals surface area contributed by atoms with Crippen LogP contribution in [0.1, 0.15) is 12.0 Å². The van der Waals surface area contributed by atoms with Gasteiger partial charge in [0.05, 0.1) is 7.11 Å². The number of hydrogen-bond donors (Lipinski definition) is 1. The Morgan fingerprint density at radius 1 is 1.64 bits per heavy atom. The van der Waals surface area contributed by atoms with E-state index in [-0.39, 0.29) is 0 Å². The van der Waals surface area contributed by atoms with Crippen LogP contribution >= 0.6 is 24.2 Å². The van der Waals surface area contributed by atoms with Crippen molar-refractivity contribution in [1.29, 1.82) is 0 Å². The summed E-state index contributed by atoms with van der Waals surface area (Å²) < 4.78 is 4.92. The van der Waals surface area contributed by atoms with Gasteiger partial charge in [-0.1, -0.05) is 23.4 Å². The third-order valence-corrected chi connectivity index (χ3v) is 1.96. The second kappa shape index (κ2) is 5.79. The molecule has 4 heteroatoms. The van der Waals surface area contributed by atoms with Crippen LogP contribution in [0.4, 0.5) is 0 Å². The van der Waals surface area contributed by atoms with Crippen molar-refractivity contribution in [3.8, 4) is 17.7 Å². The number of pyridine rings is 1. The van der Waals surface area contributed by atoms with E-state index < -0.39 is 0 Å². The van der Waals surface area contributed by atoms with E-state index in [2.05, 4.69) is 29.5 Å². The summed E-state index contributed by atoms with van der Waals surface area (Å²) in [5.41, 5.74) is 0.789. The molecular formula is C10H10ClNOS. The van der Waals surface area contributed by atoms with Crippen LogP contribution in [0.15, 0.2) is 12.3 Å². The summed E-state index contributed by atoms with van der Waals surface area (Å²) >= 11 is 9.93. The van der Waals surface area contributed by atoms with Crippen LogP contribution in [0.5, 0.6) is 5.88 Å². The number of methoxy groups -OCH3 is 1. The molecule has 1 aromatic rings. The molecule has 0 radical (unpaired) electrons. The molecule has 0 N–H and O–H groups in total. The molecule has 0 spiro atoms. The summed E-state index contributed by atoms with van der Waals surface area (Å²) in [6.07, 6.45) is 2.39. The van der Waals surface area contributed by atoms with Gasteiger partial charge in [0.25, 0.3) is 0 Å². The quantitative estimate of drug-likeness (QED) is 0.619. The Balaban J connectivity index is 2.82. The first-order valence-corrected chi connectivity index (χ1v) is 5.08. The van der Waals surface area contributed by atoms with Crippen molar-refractivity contribution >= 4 is 24.2 Å². The van der Waals surface area contributed by atoms with Gasteiger partial charge in [0.2, 0.25) is 5.88 Å². The summed E-state index contributed by atoms with van der Waals surface area (Å²) in [6, 6.07) is 1.74. The van der Waals surface area contributed by atoms with Gasteiger partial charge < -0.3 is 4.74 Å². The number of aromatic nitrogens is 1. The molecular weight excluding hydrogens is 218 g/mol. The Kier molecular flexibility index (Phi) is 4.64. The van der Waals surface area contributed by atoms with Gasteiger partial charge >= 0.3 is 0 Å². The van der Waals surface area contributed by atoms with Crippen LogP contribution in [0.2, 0.25) is 5.02 Å². The minimum Gasteiger partial charge on any atom is -0.480 e. The minimum absolute atomic E-state index is 0.423. The van der Waals surface area contributed by atoms with Crippen LogP contribution in [-0.2, 0) is 0 Å². The normalized spacial score (nSPS) is 9.07. The smallest absolute Gasteiger partial charge is 0.232 e. The minimum atomic E-state index is 0.423. The number of rotatable bonds is 2. The molecule has 2 nitrogen and oxygen atoms in total. The predicted octanol–water partition coefficient (Wildman–Crippen LogP) is 2.42. The van der Waals surface area contributed by atoms with Gasteiger partial charge in [0, 0.05) is 23.9 Å². The maximum atomic E-state index is 5.87. The van der Waals surface area contributed by atoms with E-state index >= 15 is 0 Å². The monoisotopic (exact) mass is 227 g/mol. The van der Waals surface area contributed by atoms with Gasteiger partial charge in [0.15, 0.2) is 0 Å². The van der Waals surface area contributed by atoms with Crippen molar-refractivity contribution in [2.75, 3.05) is 12.9 Å². The van der Waals surface area contributed by atoms with Gasteiger partial charge in [-0.15, -0.1) is 0 Å². The highest BCUT2D eigenvalue weighted by Crippen LogP contribution is 2.21. The Hall–Kier alpha value is -0.850. The Labute approximate surface area is 94.0 Å². The first-order valence-electron chi connectivity index (χ1n) is 4.07. The topological polar surface area (TPSA) is 22.1 Å². The average molecular weight is 228 g/mol. The lowest BCUT2D eigenvalue weighted by molar-refractivity contribution is 0.398. The summed E-state index contributed by atoms with van der Waals surface area (Å²) in [5, 5.41) is 0.477. The fourth-order valence-corrected chi connectivity index (χ4v) is 1.22. The van der Waals surface area contributed by atoms with E-state index in [0.717, 1.165) is 17.7 Å². The molecule has 0 fully saturated rings.